The highest BCUT2D eigenvalue weighted by atomic mass is 16.5. The van der Waals surface area contributed by atoms with Gasteiger partial charge in [0.1, 0.15) is 23.5 Å². The highest BCUT2D eigenvalue weighted by Gasteiger charge is 2.13. The number of fused-ring (bicyclic) bond motifs is 1. The minimum atomic E-state index is 0.340. The predicted molar refractivity (Wildman–Crippen MR) is 99.9 cm³/mol. The van der Waals surface area contributed by atoms with E-state index in [1.165, 1.54) is 0 Å². The molecule has 4 heteroatoms. The summed E-state index contributed by atoms with van der Waals surface area (Å²) in [4.78, 5) is 8.65. The molecule has 0 amide bonds. The summed E-state index contributed by atoms with van der Waals surface area (Å²) in [7, 11) is 0. The molecule has 124 valence electrons. The number of rotatable bonds is 4. The van der Waals surface area contributed by atoms with Gasteiger partial charge in [-0.15, -0.1) is 0 Å². The summed E-state index contributed by atoms with van der Waals surface area (Å²) in [6.07, 6.45) is 5.63. The van der Waals surface area contributed by atoms with E-state index >= 15 is 0 Å². The maximum absolute atomic E-state index is 5.87. The average Bonchev–Trinajstić information content (AvgIpc) is 3.03. The molecule has 2 aromatic carbocycles. The lowest BCUT2D eigenvalue weighted by Gasteiger charge is -2.07. The fraction of sp³-hybridized carbons (Fsp3) is 0.143. The average molecular weight is 329 g/mol. The molecule has 0 aliphatic carbocycles. The van der Waals surface area contributed by atoms with Crippen LogP contribution in [0.25, 0.3) is 22.2 Å². The number of hydrogen-bond acceptors (Lipinski definition) is 3. The molecule has 0 aliphatic heterocycles. The van der Waals surface area contributed by atoms with Crippen molar-refractivity contribution in [3.63, 3.8) is 0 Å². The number of aromatic nitrogens is 3. The van der Waals surface area contributed by atoms with E-state index in [4.69, 9.17) is 4.74 Å². The van der Waals surface area contributed by atoms with Crippen LogP contribution in [0, 0.1) is 0 Å². The minimum absolute atomic E-state index is 0.340. The van der Waals surface area contributed by atoms with Crippen LogP contribution in [0.15, 0.2) is 73.3 Å². The lowest BCUT2D eigenvalue weighted by molar-refractivity contribution is 0.483. The molecule has 0 N–H and O–H groups in total. The molecule has 0 atom stereocenters. The Balaban J connectivity index is 1.70. The molecule has 4 rings (SSSR count). The normalized spacial score (nSPS) is 11.2. The van der Waals surface area contributed by atoms with Gasteiger partial charge in [0.05, 0.1) is 0 Å². The van der Waals surface area contributed by atoms with Crippen LogP contribution < -0.4 is 4.74 Å². The molecule has 0 spiro atoms. The maximum atomic E-state index is 5.87. The largest absolute Gasteiger partial charge is 0.457 e. The second-order valence-corrected chi connectivity index (χ2v) is 6.24. The van der Waals surface area contributed by atoms with Gasteiger partial charge in [-0.2, -0.15) is 0 Å². The summed E-state index contributed by atoms with van der Waals surface area (Å²) in [5.74, 6) is 1.65. The Kier molecular flexibility index (Phi) is 3.94. The smallest absolute Gasteiger partial charge is 0.144 e. The van der Waals surface area contributed by atoms with Crippen molar-refractivity contribution in [2.45, 2.75) is 19.9 Å². The highest BCUT2D eigenvalue weighted by molar-refractivity contribution is 5.93. The highest BCUT2D eigenvalue weighted by Crippen LogP contribution is 2.32. The van der Waals surface area contributed by atoms with Crippen molar-refractivity contribution in [2.24, 2.45) is 0 Å². The first kappa shape index (κ1) is 15.4. The number of benzene rings is 2. The Labute approximate surface area is 146 Å². The first-order valence-electron chi connectivity index (χ1n) is 8.36. The molecule has 0 saturated carbocycles. The van der Waals surface area contributed by atoms with E-state index in [0.29, 0.717) is 6.04 Å². The second-order valence-electron chi connectivity index (χ2n) is 6.24. The zero-order chi connectivity index (χ0) is 17.2. The van der Waals surface area contributed by atoms with Crippen LogP contribution in [0.1, 0.15) is 19.9 Å². The maximum Gasteiger partial charge on any atom is 0.144 e. The molecule has 25 heavy (non-hydrogen) atoms. The number of para-hydroxylation sites is 1. The Morgan fingerprint density at radius 1 is 0.920 bits per heavy atom. The van der Waals surface area contributed by atoms with Gasteiger partial charge in [-0.3, -0.25) is 0 Å². The molecule has 0 saturated heterocycles. The zero-order valence-electron chi connectivity index (χ0n) is 14.3. The van der Waals surface area contributed by atoms with Crippen molar-refractivity contribution in [1.82, 2.24) is 14.5 Å². The van der Waals surface area contributed by atoms with Gasteiger partial charge in [0, 0.05) is 29.4 Å². The van der Waals surface area contributed by atoms with Crippen LogP contribution in [-0.2, 0) is 0 Å². The molecular weight excluding hydrogens is 310 g/mol. The Bertz CT molecular complexity index is 989. The third kappa shape index (κ3) is 2.98. The topological polar surface area (TPSA) is 39.9 Å². The third-order valence-corrected chi connectivity index (χ3v) is 4.19. The molecule has 0 bridgehead atoms. The van der Waals surface area contributed by atoms with Crippen molar-refractivity contribution in [1.29, 1.82) is 0 Å². The fourth-order valence-electron chi connectivity index (χ4n) is 2.94. The summed E-state index contributed by atoms with van der Waals surface area (Å²) in [6.45, 7) is 4.31. The summed E-state index contributed by atoms with van der Waals surface area (Å²) < 4.78 is 8.05. The number of nitrogens with zero attached hydrogens (tertiary/aromatic N) is 3. The quantitative estimate of drug-likeness (QED) is 0.498. The van der Waals surface area contributed by atoms with Crippen LogP contribution in [0.5, 0.6) is 11.5 Å². The predicted octanol–water partition coefficient (Wildman–Crippen LogP) is 5.47. The van der Waals surface area contributed by atoms with Crippen LogP contribution in [0.3, 0.4) is 0 Å². The third-order valence-electron chi connectivity index (χ3n) is 4.19. The van der Waals surface area contributed by atoms with Crippen molar-refractivity contribution in [3.8, 4) is 22.6 Å². The van der Waals surface area contributed by atoms with E-state index in [9.17, 15) is 0 Å². The van der Waals surface area contributed by atoms with Gasteiger partial charge in [0.25, 0.3) is 0 Å². The van der Waals surface area contributed by atoms with E-state index in [2.05, 4.69) is 46.7 Å². The molecule has 2 aromatic heterocycles. The molecule has 0 aliphatic rings. The van der Waals surface area contributed by atoms with Crippen molar-refractivity contribution < 1.29 is 4.74 Å². The van der Waals surface area contributed by atoms with E-state index in [1.54, 1.807) is 6.33 Å². The standard InChI is InChI=1S/C21H19N3O/c1-15(2)24-13-20(19-12-22-14-23-21(19)24)16-8-10-18(11-9-16)25-17-6-4-3-5-7-17/h3-15H,1-2H3. The Morgan fingerprint density at radius 3 is 2.36 bits per heavy atom. The lowest BCUT2D eigenvalue weighted by atomic mass is 10.1. The van der Waals surface area contributed by atoms with Gasteiger partial charge in [-0.1, -0.05) is 30.3 Å². The summed E-state index contributed by atoms with van der Waals surface area (Å²) >= 11 is 0. The summed E-state index contributed by atoms with van der Waals surface area (Å²) in [5.41, 5.74) is 3.22. The molecule has 2 heterocycles. The Morgan fingerprint density at radius 2 is 1.64 bits per heavy atom. The summed E-state index contributed by atoms with van der Waals surface area (Å²) in [5, 5.41) is 1.06. The lowest BCUT2D eigenvalue weighted by Crippen LogP contribution is -1.99. The van der Waals surface area contributed by atoms with Crippen LogP contribution in [0.4, 0.5) is 0 Å². The van der Waals surface area contributed by atoms with Crippen LogP contribution in [0.2, 0.25) is 0 Å². The van der Waals surface area contributed by atoms with Gasteiger partial charge in [-0.25, -0.2) is 9.97 Å². The van der Waals surface area contributed by atoms with Gasteiger partial charge in [-0.05, 0) is 43.7 Å². The number of ether oxygens (including phenoxy) is 1. The molecule has 0 fully saturated rings. The molecule has 0 radical (unpaired) electrons. The molecule has 4 nitrogen and oxygen atoms in total. The van der Waals surface area contributed by atoms with E-state index in [-0.39, 0.29) is 0 Å². The monoisotopic (exact) mass is 329 g/mol. The number of hydrogen-bond donors (Lipinski definition) is 0. The SMILES string of the molecule is CC(C)n1cc(-c2ccc(Oc3ccccc3)cc2)c2cncnc21. The van der Waals surface area contributed by atoms with Gasteiger partial charge >= 0.3 is 0 Å². The van der Waals surface area contributed by atoms with Gasteiger partial charge in [0.2, 0.25) is 0 Å². The van der Waals surface area contributed by atoms with E-state index in [1.807, 2.05) is 48.7 Å². The molecular formula is C21H19N3O. The second kappa shape index (κ2) is 6.40. The first-order chi connectivity index (χ1) is 12.2. The van der Waals surface area contributed by atoms with Crippen LogP contribution in [-0.4, -0.2) is 14.5 Å². The van der Waals surface area contributed by atoms with Gasteiger partial charge in [0.15, 0.2) is 0 Å². The van der Waals surface area contributed by atoms with Crippen molar-refractivity contribution in [3.05, 3.63) is 73.3 Å². The fourth-order valence-corrected chi connectivity index (χ4v) is 2.94. The van der Waals surface area contributed by atoms with Crippen LogP contribution >= 0.6 is 0 Å². The van der Waals surface area contributed by atoms with E-state index < -0.39 is 0 Å². The summed E-state index contributed by atoms with van der Waals surface area (Å²) in [6, 6.07) is 18.3. The zero-order valence-corrected chi connectivity index (χ0v) is 14.3. The van der Waals surface area contributed by atoms with Crippen molar-refractivity contribution in [2.75, 3.05) is 0 Å². The van der Waals surface area contributed by atoms with Gasteiger partial charge < -0.3 is 9.30 Å². The Hall–Kier alpha value is -3.14. The molecule has 0 unspecified atom stereocenters. The van der Waals surface area contributed by atoms with E-state index in [0.717, 1.165) is 33.7 Å². The molecule has 4 aromatic rings. The minimum Gasteiger partial charge on any atom is -0.457 e. The van der Waals surface area contributed by atoms with Crippen molar-refractivity contribution >= 4 is 11.0 Å². The first-order valence-corrected chi connectivity index (χ1v) is 8.36.